The highest BCUT2D eigenvalue weighted by molar-refractivity contribution is 6.00. The molecule has 3 rings (SSSR count). The fourth-order valence-electron chi connectivity index (χ4n) is 2.96. The molecule has 1 heterocycles. The second-order valence-corrected chi connectivity index (χ2v) is 6.57. The lowest BCUT2D eigenvalue weighted by molar-refractivity contribution is -0.121. The van der Waals surface area contributed by atoms with Crippen LogP contribution in [0, 0.1) is 0 Å². The van der Waals surface area contributed by atoms with Crippen LogP contribution in [0.25, 0.3) is 0 Å². The Kier molecular flexibility index (Phi) is 6.03. The number of rotatable bonds is 7. The molecule has 7 nitrogen and oxygen atoms in total. The quantitative estimate of drug-likeness (QED) is 0.793. The molecular formula is C21H24N2O5. The Bertz CT molecular complexity index is 848. The zero-order valence-electron chi connectivity index (χ0n) is 16.2. The van der Waals surface area contributed by atoms with Crippen molar-refractivity contribution in [2.24, 2.45) is 0 Å². The normalized spacial score (nSPS) is 13.0. The summed E-state index contributed by atoms with van der Waals surface area (Å²) in [6, 6.07) is 12.3. The number of fused-ring (bicyclic) bond motifs is 1. The largest absolute Gasteiger partial charge is 0.494 e. The van der Waals surface area contributed by atoms with Crippen molar-refractivity contribution < 1.29 is 23.8 Å². The van der Waals surface area contributed by atoms with Gasteiger partial charge in [0.2, 0.25) is 0 Å². The molecule has 0 radical (unpaired) electrons. The van der Waals surface area contributed by atoms with Gasteiger partial charge in [0.1, 0.15) is 17.2 Å². The van der Waals surface area contributed by atoms with Crippen molar-refractivity contribution in [2.75, 3.05) is 30.0 Å². The molecule has 28 heavy (non-hydrogen) atoms. The van der Waals surface area contributed by atoms with Crippen molar-refractivity contribution in [3.05, 3.63) is 42.5 Å². The molecule has 7 heteroatoms. The van der Waals surface area contributed by atoms with Gasteiger partial charge in [-0.15, -0.1) is 0 Å². The first kappa shape index (κ1) is 19.5. The average molecular weight is 384 g/mol. The van der Waals surface area contributed by atoms with E-state index in [1.54, 1.807) is 47.4 Å². The van der Waals surface area contributed by atoms with Crippen LogP contribution in [0.1, 0.15) is 20.8 Å². The van der Waals surface area contributed by atoms with Gasteiger partial charge in [-0.25, -0.2) is 0 Å². The molecule has 2 aromatic carbocycles. The Balaban J connectivity index is 1.62. The van der Waals surface area contributed by atoms with Crippen LogP contribution in [0.5, 0.6) is 17.2 Å². The maximum atomic E-state index is 12.2. The summed E-state index contributed by atoms with van der Waals surface area (Å²) in [5, 5.41) is 2.79. The smallest absolute Gasteiger partial charge is 0.265 e. The highest BCUT2D eigenvalue weighted by atomic mass is 16.5. The number of benzene rings is 2. The fraction of sp³-hybridized carbons (Fsp3) is 0.333. The zero-order chi connectivity index (χ0) is 20.1. The first-order valence-electron chi connectivity index (χ1n) is 9.22. The Hall–Kier alpha value is -3.22. The van der Waals surface area contributed by atoms with Gasteiger partial charge in [0.15, 0.2) is 13.2 Å². The number of hydrogen-bond donors (Lipinski definition) is 1. The molecule has 2 aromatic rings. The maximum Gasteiger partial charge on any atom is 0.265 e. The molecule has 0 unspecified atom stereocenters. The third kappa shape index (κ3) is 4.54. The lowest BCUT2D eigenvalue weighted by atomic mass is 10.1. The first-order chi connectivity index (χ1) is 13.5. The summed E-state index contributed by atoms with van der Waals surface area (Å²) in [7, 11) is 0. The summed E-state index contributed by atoms with van der Waals surface area (Å²) >= 11 is 0. The van der Waals surface area contributed by atoms with Gasteiger partial charge >= 0.3 is 0 Å². The molecule has 148 valence electrons. The number of carbonyl (C=O) groups excluding carboxylic acids is 2. The van der Waals surface area contributed by atoms with Crippen LogP contribution in [-0.2, 0) is 9.59 Å². The van der Waals surface area contributed by atoms with Gasteiger partial charge in [0.05, 0.1) is 12.3 Å². The Labute approximate surface area is 164 Å². The van der Waals surface area contributed by atoms with E-state index in [4.69, 9.17) is 14.2 Å². The Morgan fingerprint density at radius 3 is 2.46 bits per heavy atom. The van der Waals surface area contributed by atoms with E-state index < -0.39 is 0 Å². The average Bonchev–Trinajstić information content (AvgIpc) is 2.67. The topological polar surface area (TPSA) is 77.1 Å². The molecule has 0 bridgehead atoms. The highest BCUT2D eigenvalue weighted by Crippen LogP contribution is 2.35. The van der Waals surface area contributed by atoms with E-state index in [2.05, 4.69) is 5.32 Å². The van der Waals surface area contributed by atoms with Crippen LogP contribution in [-0.4, -0.2) is 37.7 Å². The number of nitrogens with one attached hydrogen (secondary N) is 1. The third-order valence-corrected chi connectivity index (χ3v) is 4.14. The third-order valence-electron chi connectivity index (χ3n) is 4.14. The van der Waals surface area contributed by atoms with E-state index in [0.717, 1.165) is 5.75 Å². The zero-order valence-corrected chi connectivity index (χ0v) is 16.2. The molecule has 0 spiro atoms. The van der Waals surface area contributed by atoms with Crippen molar-refractivity contribution in [1.29, 1.82) is 0 Å². The SMILES string of the molecule is CCOc1ccc(OCC(=O)Nc2ccc3c(c2)N(C(C)C)C(=O)CO3)cc1. The standard InChI is InChI=1S/C21H24N2O5/c1-4-26-16-6-8-17(9-7-16)27-12-20(24)22-15-5-10-19-18(11-15)23(14(2)3)21(25)13-28-19/h5-11,14H,4,12-13H2,1-3H3,(H,22,24). The number of amides is 2. The van der Waals surface area contributed by atoms with E-state index in [-0.39, 0.29) is 31.1 Å². The van der Waals surface area contributed by atoms with Crippen molar-refractivity contribution in [2.45, 2.75) is 26.8 Å². The number of nitrogens with zero attached hydrogens (tertiary/aromatic N) is 1. The van der Waals surface area contributed by atoms with Crippen molar-refractivity contribution in [3.63, 3.8) is 0 Å². The minimum atomic E-state index is -0.298. The molecule has 1 N–H and O–H groups in total. The number of ether oxygens (including phenoxy) is 3. The number of anilines is 2. The molecule has 0 fully saturated rings. The van der Waals surface area contributed by atoms with Gasteiger partial charge in [-0.3, -0.25) is 9.59 Å². The molecule has 0 saturated carbocycles. The minimum Gasteiger partial charge on any atom is -0.494 e. The molecule has 0 aromatic heterocycles. The van der Waals surface area contributed by atoms with Gasteiger partial charge in [0, 0.05) is 11.7 Å². The molecule has 2 amide bonds. The molecule has 0 aliphatic carbocycles. The van der Waals surface area contributed by atoms with Crippen LogP contribution < -0.4 is 24.4 Å². The molecule has 0 atom stereocenters. The Morgan fingerprint density at radius 1 is 1.14 bits per heavy atom. The summed E-state index contributed by atoms with van der Waals surface area (Å²) in [6.45, 7) is 6.26. The van der Waals surface area contributed by atoms with Crippen LogP contribution in [0.2, 0.25) is 0 Å². The predicted octanol–water partition coefficient (Wildman–Crippen LogP) is 3.24. The van der Waals surface area contributed by atoms with E-state index in [0.29, 0.717) is 29.5 Å². The van der Waals surface area contributed by atoms with Gasteiger partial charge in [-0.05, 0) is 63.2 Å². The number of carbonyl (C=O) groups is 2. The molecule has 0 saturated heterocycles. The summed E-state index contributed by atoms with van der Waals surface area (Å²) in [6.07, 6.45) is 0. The van der Waals surface area contributed by atoms with Gasteiger partial charge in [-0.1, -0.05) is 0 Å². The van der Waals surface area contributed by atoms with E-state index in [9.17, 15) is 9.59 Å². The fourth-order valence-corrected chi connectivity index (χ4v) is 2.96. The lowest BCUT2D eigenvalue weighted by Gasteiger charge is -2.32. The second kappa shape index (κ2) is 8.65. The molecule has 1 aliphatic heterocycles. The Morgan fingerprint density at radius 2 is 1.82 bits per heavy atom. The van der Waals surface area contributed by atoms with E-state index >= 15 is 0 Å². The second-order valence-electron chi connectivity index (χ2n) is 6.57. The van der Waals surface area contributed by atoms with Gasteiger partial charge in [0.25, 0.3) is 11.8 Å². The van der Waals surface area contributed by atoms with Crippen LogP contribution in [0.4, 0.5) is 11.4 Å². The summed E-state index contributed by atoms with van der Waals surface area (Å²) in [5.74, 6) is 1.54. The minimum absolute atomic E-state index is 0.0101. The number of hydrogen-bond acceptors (Lipinski definition) is 5. The molecule has 1 aliphatic rings. The van der Waals surface area contributed by atoms with Gasteiger partial charge in [-0.2, -0.15) is 0 Å². The molecular weight excluding hydrogens is 360 g/mol. The van der Waals surface area contributed by atoms with Crippen molar-refractivity contribution >= 4 is 23.2 Å². The van der Waals surface area contributed by atoms with E-state index in [1.165, 1.54) is 0 Å². The summed E-state index contributed by atoms with van der Waals surface area (Å²) < 4.78 is 16.3. The summed E-state index contributed by atoms with van der Waals surface area (Å²) in [5.41, 5.74) is 1.22. The monoisotopic (exact) mass is 384 g/mol. The van der Waals surface area contributed by atoms with Crippen molar-refractivity contribution in [3.8, 4) is 17.2 Å². The lowest BCUT2D eigenvalue weighted by Crippen LogP contribution is -2.43. The van der Waals surface area contributed by atoms with E-state index in [1.807, 2.05) is 20.8 Å². The summed E-state index contributed by atoms with van der Waals surface area (Å²) in [4.78, 5) is 26.0. The van der Waals surface area contributed by atoms with Gasteiger partial charge < -0.3 is 24.4 Å². The highest BCUT2D eigenvalue weighted by Gasteiger charge is 2.28. The van der Waals surface area contributed by atoms with Crippen LogP contribution >= 0.6 is 0 Å². The van der Waals surface area contributed by atoms with Crippen molar-refractivity contribution in [1.82, 2.24) is 0 Å². The first-order valence-corrected chi connectivity index (χ1v) is 9.22. The maximum absolute atomic E-state index is 12.2. The van der Waals surface area contributed by atoms with Crippen LogP contribution in [0.15, 0.2) is 42.5 Å². The van der Waals surface area contributed by atoms with Crippen LogP contribution in [0.3, 0.4) is 0 Å². The predicted molar refractivity (Wildman–Crippen MR) is 106 cm³/mol.